The van der Waals surface area contributed by atoms with E-state index in [0.717, 1.165) is 12.1 Å². The summed E-state index contributed by atoms with van der Waals surface area (Å²) in [6.07, 6.45) is 5.86. The van der Waals surface area contributed by atoms with Gasteiger partial charge >= 0.3 is 0 Å². The first-order valence-electron chi connectivity index (χ1n) is 8.18. The molecule has 0 radical (unpaired) electrons. The van der Waals surface area contributed by atoms with Crippen LogP contribution in [0.4, 0.5) is 0 Å². The van der Waals surface area contributed by atoms with Gasteiger partial charge in [0.1, 0.15) is 0 Å². The highest BCUT2D eigenvalue weighted by Gasteiger charge is 2.16. The van der Waals surface area contributed by atoms with Crippen LogP contribution in [0.2, 0.25) is 0 Å². The molecule has 0 saturated carbocycles. The van der Waals surface area contributed by atoms with Crippen molar-refractivity contribution in [3.05, 3.63) is 76.8 Å². The van der Waals surface area contributed by atoms with Crippen molar-refractivity contribution in [2.45, 2.75) is 13.3 Å². The molecule has 0 aliphatic heterocycles. The summed E-state index contributed by atoms with van der Waals surface area (Å²) in [5.41, 5.74) is 2.60. The van der Waals surface area contributed by atoms with Crippen LogP contribution in [-0.2, 0) is 6.42 Å². The molecule has 0 aliphatic carbocycles. The maximum absolute atomic E-state index is 12.2. The van der Waals surface area contributed by atoms with Gasteiger partial charge in [0.25, 0.3) is 5.89 Å². The van der Waals surface area contributed by atoms with Crippen LogP contribution < -0.4 is 5.43 Å². The van der Waals surface area contributed by atoms with Gasteiger partial charge in [0.15, 0.2) is 5.69 Å². The number of rotatable bonds is 4. The SMILES string of the molecule is CCc1ccc(-n2ccc(=O)c(-c3nc(-c4cccnc4)no3)n2)cc1. The van der Waals surface area contributed by atoms with Crippen molar-refractivity contribution in [1.82, 2.24) is 24.9 Å². The fourth-order valence-corrected chi connectivity index (χ4v) is 2.52. The van der Waals surface area contributed by atoms with Crippen LogP contribution >= 0.6 is 0 Å². The first-order chi connectivity index (χ1) is 12.7. The van der Waals surface area contributed by atoms with Gasteiger partial charge in [-0.2, -0.15) is 10.1 Å². The number of aryl methyl sites for hydroxylation is 1. The highest BCUT2D eigenvalue weighted by molar-refractivity contribution is 5.56. The minimum atomic E-state index is -0.284. The number of nitrogens with zero attached hydrogens (tertiary/aromatic N) is 5. The summed E-state index contributed by atoms with van der Waals surface area (Å²) in [6.45, 7) is 2.10. The maximum atomic E-state index is 12.2. The van der Waals surface area contributed by atoms with E-state index in [1.165, 1.54) is 11.6 Å². The van der Waals surface area contributed by atoms with E-state index in [-0.39, 0.29) is 17.0 Å². The molecule has 4 rings (SSSR count). The molecule has 7 heteroatoms. The van der Waals surface area contributed by atoms with Crippen LogP contribution in [0.5, 0.6) is 0 Å². The van der Waals surface area contributed by atoms with Crippen LogP contribution in [0.3, 0.4) is 0 Å². The zero-order valence-corrected chi connectivity index (χ0v) is 14.0. The molecular weight excluding hydrogens is 330 g/mol. The predicted molar refractivity (Wildman–Crippen MR) is 95.7 cm³/mol. The molecule has 1 aromatic carbocycles. The quantitative estimate of drug-likeness (QED) is 0.565. The highest BCUT2D eigenvalue weighted by atomic mass is 16.5. The fourth-order valence-electron chi connectivity index (χ4n) is 2.52. The van der Waals surface area contributed by atoms with E-state index in [2.05, 4.69) is 27.1 Å². The van der Waals surface area contributed by atoms with Gasteiger partial charge in [-0.15, -0.1) is 0 Å². The Labute approximate surface area is 149 Å². The van der Waals surface area contributed by atoms with Gasteiger partial charge in [-0.1, -0.05) is 24.2 Å². The lowest BCUT2D eigenvalue weighted by atomic mass is 10.1. The highest BCUT2D eigenvalue weighted by Crippen LogP contribution is 2.18. The topological polar surface area (TPSA) is 86.7 Å². The minimum absolute atomic E-state index is 0.0772. The van der Waals surface area contributed by atoms with E-state index in [4.69, 9.17) is 4.52 Å². The van der Waals surface area contributed by atoms with E-state index in [9.17, 15) is 4.79 Å². The molecule has 0 bridgehead atoms. The Morgan fingerprint density at radius 1 is 1.12 bits per heavy atom. The third kappa shape index (κ3) is 3.02. The molecule has 0 N–H and O–H groups in total. The molecular formula is C19H15N5O2. The number of benzene rings is 1. The van der Waals surface area contributed by atoms with E-state index in [1.807, 2.05) is 30.3 Å². The molecule has 0 atom stereocenters. The second kappa shape index (κ2) is 6.72. The van der Waals surface area contributed by atoms with Gasteiger partial charge in [-0.25, -0.2) is 4.68 Å². The molecule has 4 aromatic rings. The lowest BCUT2D eigenvalue weighted by molar-refractivity contribution is 0.429. The molecule has 0 aliphatic rings. The van der Waals surface area contributed by atoms with Gasteiger partial charge < -0.3 is 4.52 Å². The first-order valence-corrected chi connectivity index (χ1v) is 8.18. The monoisotopic (exact) mass is 345 g/mol. The lowest BCUT2D eigenvalue weighted by Crippen LogP contribution is -2.12. The average molecular weight is 345 g/mol. The smallest absolute Gasteiger partial charge is 0.282 e. The second-order valence-electron chi connectivity index (χ2n) is 5.66. The van der Waals surface area contributed by atoms with Crippen molar-refractivity contribution < 1.29 is 4.52 Å². The number of aromatic nitrogens is 5. The van der Waals surface area contributed by atoms with Crippen molar-refractivity contribution >= 4 is 0 Å². The van der Waals surface area contributed by atoms with E-state index < -0.39 is 0 Å². The third-order valence-corrected chi connectivity index (χ3v) is 3.97. The second-order valence-corrected chi connectivity index (χ2v) is 5.66. The zero-order chi connectivity index (χ0) is 17.9. The zero-order valence-electron chi connectivity index (χ0n) is 14.0. The van der Waals surface area contributed by atoms with Crippen LogP contribution in [-0.4, -0.2) is 24.9 Å². The average Bonchev–Trinajstić information content (AvgIpc) is 3.19. The molecule has 7 nitrogen and oxygen atoms in total. The predicted octanol–water partition coefficient (Wildman–Crippen LogP) is 2.91. The maximum Gasteiger partial charge on any atom is 0.282 e. The van der Waals surface area contributed by atoms with Gasteiger partial charge in [0, 0.05) is 30.2 Å². The molecule has 3 aromatic heterocycles. The summed E-state index contributed by atoms with van der Waals surface area (Å²) in [5.74, 6) is 0.436. The van der Waals surface area contributed by atoms with Crippen molar-refractivity contribution in [3.8, 4) is 28.7 Å². The summed E-state index contributed by atoms with van der Waals surface area (Å²) in [7, 11) is 0. The van der Waals surface area contributed by atoms with Crippen molar-refractivity contribution in [2.24, 2.45) is 0 Å². The Morgan fingerprint density at radius 3 is 2.69 bits per heavy atom. The van der Waals surface area contributed by atoms with E-state index >= 15 is 0 Å². The standard InChI is InChI=1S/C19H15N5O2/c1-2-13-5-7-15(8-6-13)24-11-9-16(25)17(22-24)19-21-18(23-26-19)14-4-3-10-20-12-14/h3-12H,2H2,1H3. The Kier molecular flexibility index (Phi) is 4.10. The number of hydrogen-bond donors (Lipinski definition) is 0. The normalized spacial score (nSPS) is 10.8. The summed E-state index contributed by atoms with van der Waals surface area (Å²) in [4.78, 5) is 20.5. The first kappa shape index (κ1) is 15.9. The third-order valence-electron chi connectivity index (χ3n) is 3.97. The van der Waals surface area contributed by atoms with Gasteiger partial charge in [-0.05, 0) is 36.2 Å². The van der Waals surface area contributed by atoms with Crippen molar-refractivity contribution in [1.29, 1.82) is 0 Å². The van der Waals surface area contributed by atoms with Gasteiger partial charge in [0.05, 0.1) is 5.69 Å². The van der Waals surface area contributed by atoms with Crippen LogP contribution in [0.1, 0.15) is 12.5 Å². The molecule has 0 unspecified atom stereocenters. The van der Waals surface area contributed by atoms with Gasteiger partial charge in [0.2, 0.25) is 11.3 Å². The van der Waals surface area contributed by atoms with Crippen LogP contribution in [0.15, 0.2) is 70.4 Å². The molecule has 128 valence electrons. The van der Waals surface area contributed by atoms with Crippen molar-refractivity contribution in [3.63, 3.8) is 0 Å². The van der Waals surface area contributed by atoms with Crippen LogP contribution in [0.25, 0.3) is 28.7 Å². The largest absolute Gasteiger partial charge is 0.332 e. The molecule has 0 spiro atoms. The summed E-state index contributed by atoms with van der Waals surface area (Å²) < 4.78 is 6.86. The number of pyridine rings is 1. The Bertz CT molecular complexity index is 1080. The minimum Gasteiger partial charge on any atom is -0.332 e. The lowest BCUT2D eigenvalue weighted by Gasteiger charge is -2.06. The van der Waals surface area contributed by atoms with Crippen LogP contribution in [0, 0.1) is 0 Å². The number of hydrogen-bond acceptors (Lipinski definition) is 6. The van der Waals surface area contributed by atoms with E-state index in [1.54, 1.807) is 29.3 Å². The summed E-state index contributed by atoms with van der Waals surface area (Å²) in [6, 6.07) is 13.0. The summed E-state index contributed by atoms with van der Waals surface area (Å²) >= 11 is 0. The Balaban J connectivity index is 1.73. The summed E-state index contributed by atoms with van der Waals surface area (Å²) in [5, 5.41) is 8.28. The van der Waals surface area contributed by atoms with Gasteiger partial charge in [-0.3, -0.25) is 9.78 Å². The van der Waals surface area contributed by atoms with E-state index in [0.29, 0.717) is 11.4 Å². The molecule has 0 saturated heterocycles. The fraction of sp³-hybridized carbons (Fsp3) is 0.105. The molecule has 0 amide bonds. The molecule has 3 heterocycles. The Morgan fingerprint density at radius 2 is 1.96 bits per heavy atom. The molecule has 26 heavy (non-hydrogen) atoms. The molecule has 0 fully saturated rings. The Hall–Kier alpha value is -3.61. The van der Waals surface area contributed by atoms with Crippen molar-refractivity contribution in [2.75, 3.05) is 0 Å².